The Bertz CT molecular complexity index is 845. The summed E-state index contributed by atoms with van der Waals surface area (Å²) in [6.45, 7) is 7.99. The lowest BCUT2D eigenvalue weighted by Crippen LogP contribution is -2.48. The van der Waals surface area contributed by atoms with Crippen LogP contribution in [0.2, 0.25) is 0 Å². The van der Waals surface area contributed by atoms with E-state index in [9.17, 15) is 9.59 Å². The normalized spacial score (nSPS) is 25.5. The maximum Gasteiger partial charge on any atom is 0.278 e. The van der Waals surface area contributed by atoms with E-state index in [0.717, 1.165) is 43.4 Å². The number of carbonyl (C=O) groups is 2. The molecule has 2 fully saturated rings. The lowest BCUT2D eigenvalue weighted by atomic mass is 10.0. The molecule has 0 radical (unpaired) electrons. The molecule has 32 heavy (non-hydrogen) atoms. The number of benzene rings is 1. The Morgan fingerprint density at radius 2 is 1.56 bits per heavy atom. The molecule has 4 rings (SSSR count). The molecule has 3 aliphatic rings. The zero-order valence-corrected chi connectivity index (χ0v) is 19.6. The average molecular weight is 441 g/mol. The summed E-state index contributed by atoms with van der Waals surface area (Å²) in [6, 6.07) is 7.61. The van der Waals surface area contributed by atoms with E-state index in [4.69, 9.17) is 9.47 Å². The van der Waals surface area contributed by atoms with Crippen LogP contribution in [0.1, 0.15) is 71.3 Å². The van der Waals surface area contributed by atoms with Crippen molar-refractivity contribution in [1.82, 2.24) is 9.80 Å². The van der Waals surface area contributed by atoms with Gasteiger partial charge in [-0.05, 0) is 50.8 Å². The third-order valence-electron chi connectivity index (χ3n) is 6.63. The van der Waals surface area contributed by atoms with Crippen molar-refractivity contribution in [3.8, 4) is 5.75 Å². The number of nitrogens with zero attached hydrogens (tertiary/aromatic N) is 2. The highest BCUT2D eigenvalue weighted by molar-refractivity contribution is 6.35. The molecular weight excluding hydrogens is 404 g/mol. The molecule has 1 aliphatic carbocycles. The van der Waals surface area contributed by atoms with Gasteiger partial charge >= 0.3 is 0 Å². The molecule has 2 amide bonds. The molecule has 0 bridgehead atoms. The molecule has 1 aromatic carbocycles. The van der Waals surface area contributed by atoms with Crippen LogP contribution < -0.4 is 4.74 Å². The van der Waals surface area contributed by atoms with Gasteiger partial charge in [-0.3, -0.25) is 14.5 Å². The van der Waals surface area contributed by atoms with Gasteiger partial charge in [0.05, 0.1) is 24.4 Å². The van der Waals surface area contributed by atoms with Gasteiger partial charge in [0.2, 0.25) is 0 Å². The predicted octanol–water partition coefficient (Wildman–Crippen LogP) is 4.39. The van der Waals surface area contributed by atoms with Gasteiger partial charge in [-0.25, -0.2) is 0 Å². The number of hydrogen-bond acceptors (Lipinski definition) is 5. The van der Waals surface area contributed by atoms with Crippen LogP contribution in [0, 0.1) is 0 Å². The Hall–Kier alpha value is -2.34. The number of amides is 2. The average Bonchev–Trinajstić information content (AvgIpc) is 2.92. The SMILES string of the molecule is CCCOc1ccc(C2=C(N3CC(C)OC(C)C3)C(=O)N(C3CCCCCC3)C2=O)cc1. The van der Waals surface area contributed by atoms with Crippen LogP contribution in [0.5, 0.6) is 5.75 Å². The number of rotatable bonds is 6. The van der Waals surface area contributed by atoms with Crippen molar-refractivity contribution in [3.63, 3.8) is 0 Å². The fourth-order valence-electron chi connectivity index (χ4n) is 5.23. The van der Waals surface area contributed by atoms with Crippen LogP contribution in [0.25, 0.3) is 5.57 Å². The summed E-state index contributed by atoms with van der Waals surface area (Å²) in [7, 11) is 0. The lowest BCUT2D eigenvalue weighted by Gasteiger charge is -2.37. The summed E-state index contributed by atoms with van der Waals surface area (Å²) in [6.07, 6.45) is 7.25. The Morgan fingerprint density at radius 1 is 0.938 bits per heavy atom. The molecule has 6 heteroatoms. The van der Waals surface area contributed by atoms with Gasteiger partial charge in [0.25, 0.3) is 11.8 Å². The van der Waals surface area contributed by atoms with Crippen LogP contribution >= 0.6 is 0 Å². The Kier molecular flexibility index (Phi) is 7.19. The van der Waals surface area contributed by atoms with Gasteiger partial charge in [-0.15, -0.1) is 0 Å². The predicted molar refractivity (Wildman–Crippen MR) is 124 cm³/mol. The van der Waals surface area contributed by atoms with Crippen molar-refractivity contribution in [2.45, 2.75) is 84.0 Å². The molecule has 1 saturated heterocycles. The molecule has 2 unspecified atom stereocenters. The quantitative estimate of drug-likeness (QED) is 0.485. The molecule has 2 aliphatic heterocycles. The first-order valence-corrected chi connectivity index (χ1v) is 12.3. The summed E-state index contributed by atoms with van der Waals surface area (Å²) in [4.78, 5) is 31.2. The van der Waals surface area contributed by atoms with Crippen molar-refractivity contribution >= 4 is 17.4 Å². The van der Waals surface area contributed by atoms with Gasteiger partial charge in [-0.1, -0.05) is 44.7 Å². The van der Waals surface area contributed by atoms with Crippen LogP contribution in [0.3, 0.4) is 0 Å². The highest BCUT2D eigenvalue weighted by atomic mass is 16.5. The standard InChI is InChI=1S/C26H36N2O4/c1-4-15-31-22-13-11-20(12-14-22)23-24(27-16-18(2)32-19(3)17-27)26(30)28(25(23)29)21-9-7-5-6-8-10-21/h11-14,18-19,21H,4-10,15-17H2,1-3H3. The third kappa shape index (κ3) is 4.70. The summed E-state index contributed by atoms with van der Waals surface area (Å²) >= 11 is 0. The number of hydrogen-bond donors (Lipinski definition) is 0. The summed E-state index contributed by atoms with van der Waals surface area (Å²) in [5.74, 6) is 0.499. The molecule has 0 N–H and O–H groups in total. The number of ether oxygens (including phenoxy) is 2. The molecule has 1 saturated carbocycles. The second-order valence-electron chi connectivity index (χ2n) is 9.38. The lowest BCUT2D eigenvalue weighted by molar-refractivity contribution is -0.141. The topological polar surface area (TPSA) is 59.1 Å². The minimum atomic E-state index is -0.147. The fourth-order valence-corrected chi connectivity index (χ4v) is 5.23. The molecule has 0 spiro atoms. The van der Waals surface area contributed by atoms with E-state index < -0.39 is 0 Å². The van der Waals surface area contributed by atoms with Crippen molar-refractivity contribution in [2.75, 3.05) is 19.7 Å². The third-order valence-corrected chi connectivity index (χ3v) is 6.63. The van der Waals surface area contributed by atoms with E-state index in [-0.39, 0.29) is 30.1 Å². The summed E-state index contributed by atoms with van der Waals surface area (Å²) < 4.78 is 11.6. The first-order chi connectivity index (χ1) is 15.5. The van der Waals surface area contributed by atoms with Crippen LogP contribution in [-0.2, 0) is 14.3 Å². The zero-order valence-electron chi connectivity index (χ0n) is 19.6. The highest BCUT2D eigenvalue weighted by Gasteiger charge is 2.45. The van der Waals surface area contributed by atoms with Gasteiger partial charge in [-0.2, -0.15) is 0 Å². The molecule has 0 aromatic heterocycles. The van der Waals surface area contributed by atoms with Gasteiger partial charge in [0, 0.05) is 19.1 Å². The molecule has 2 atom stereocenters. The maximum absolute atomic E-state index is 13.8. The van der Waals surface area contributed by atoms with E-state index in [2.05, 4.69) is 11.8 Å². The van der Waals surface area contributed by atoms with E-state index in [1.165, 1.54) is 12.8 Å². The summed E-state index contributed by atoms with van der Waals surface area (Å²) in [5.41, 5.74) is 1.86. The zero-order chi connectivity index (χ0) is 22.7. The van der Waals surface area contributed by atoms with Gasteiger partial charge < -0.3 is 14.4 Å². The monoisotopic (exact) mass is 440 g/mol. The van der Waals surface area contributed by atoms with Crippen molar-refractivity contribution in [3.05, 3.63) is 35.5 Å². The first-order valence-electron chi connectivity index (χ1n) is 12.3. The Morgan fingerprint density at radius 3 is 2.16 bits per heavy atom. The molecule has 6 nitrogen and oxygen atoms in total. The van der Waals surface area contributed by atoms with Gasteiger partial charge in [0.1, 0.15) is 11.4 Å². The van der Waals surface area contributed by atoms with Crippen molar-refractivity contribution in [2.24, 2.45) is 0 Å². The first kappa shape index (κ1) is 22.8. The second kappa shape index (κ2) is 10.1. The van der Waals surface area contributed by atoms with Crippen LogP contribution in [0.4, 0.5) is 0 Å². The van der Waals surface area contributed by atoms with Crippen molar-refractivity contribution in [1.29, 1.82) is 0 Å². The smallest absolute Gasteiger partial charge is 0.278 e. The Labute approximate surface area is 191 Å². The van der Waals surface area contributed by atoms with E-state index in [1.54, 1.807) is 4.90 Å². The minimum Gasteiger partial charge on any atom is -0.494 e. The van der Waals surface area contributed by atoms with Crippen LogP contribution in [-0.4, -0.2) is 59.6 Å². The fraction of sp³-hybridized carbons (Fsp3) is 0.615. The minimum absolute atomic E-state index is 0.00644. The Balaban J connectivity index is 1.70. The van der Waals surface area contributed by atoms with Crippen molar-refractivity contribution < 1.29 is 19.1 Å². The molecule has 2 heterocycles. The summed E-state index contributed by atoms with van der Waals surface area (Å²) in [5, 5.41) is 0. The number of carbonyl (C=O) groups excluding carboxylic acids is 2. The number of morpholine rings is 1. The van der Waals surface area contributed by atoms with Crippen LogP contribution in [0.15, 0.2) is 30.0 Å². The second-order valence-corrected chi connectivity index (χ2v) is 9.38. The highest BCUT2D eigenvalue weighted by Crippen LogP contribution is 2.37. The molecular formula is C26H36N2O4. The largest absolute Gasteiger partial charge is 0.494 e. The van der Waals surface area contributed by atoms with E-state index in [1.807, 2.05) is 38.1 Å². The van der Waals surface area contributed by atoms with E-state index in [0.29, 0.717) is 31.0 Å². The van der Waals surface area contributed by atoms with E-state index >= 15 is 0 Å². The molecule has 174 valence electrons. The van der Waals surface area contributed by atoms with Gasteiger partial charge in [0.15, 0.2) is 0 Å². The number of imide groups is 1. The maximum atomic E-state index is 13.8. The molecule has 1 aromatic rings.